The number of aromatic nitrogens is 6. The molecule has 4 heterocycles. The van der Waals surface area contributed by atoms with Gasteiger partial charge in [-0.05, 0) is 37.5 Å². The normalized spacial score (nSPS) is 17.4. The van der Waals surface area contributed by atoms with Crippen molar-refractivity contribution in [2.45, 2.75) is 37.8 Å². The van der Waals surface area contributed by atoms with Gasteiger partial charge in [0.2, 0.25) is 5.91 Å². The Labute approximate surface area is 206 Å². The third kappa shape index (κ3) is 3.94. The summed E-state index contributed by atoms with van der Waals surface area (Å²) in [5, 5.41) is 16.9. The van der Waals surface area contributed by atoms with Gasteiger partial charge in [0.05, 0.1) is 22.5 Å². The lowest BCUT2D eigenvalue weighted by Gasteiger charge is -2.23. The van der Waals surface area contributed by atoms with Gasteiger partial charge in [0, 0.05) is 6.42 Å². The van der Waals surface area contributed by atoms with Crippen LogP contribution in [0.5, 0.6) is 5.75 Å². The monoisotopic (exact) mass is 518 g/mol. The molecule has 1 aliphatic rings. The Balaban J connectivity index is 1.57. The average Bonchev–Trinajstić information content (AvgIpc) is 3.37. The van der Waals surface area contributed by atoms with E-state index in [0.29, 0.717) is 22.5 Å². The van der Waals surface area contributed by atoms with Gasteiger partial charge >= 0.3 is 6.18 Å². The summed E-state index contributed by atoms with van der Waals surface area (Å²) in [5.41, 5.74) is 6.52. The number of anilines is 2. The molecule has 10 nitrogen and oxygen atoms in total. The van der Waals surface area contributed by atoms with Gasteiger partial charge in [-0.25, -0.2) is 24.5 Å². The maximum Gasteiger partial charge on any atom is 0.389 e. The molecule has 0 unspecified atom stereocenters. The summed E-state index contributed by atoms with van der Waals surface area (Å²) in [6.07, 6.45) is -2.69. The van der Waals surface area contributed by atoms with Crippen LogP contribution in [-0.2, 0) is 16.6 Å². The Bertz CT molecular complexity index is 1520. The summed E-state index contributed by atoms with van der Waals surface area (Å²) in [6, 6.07) is 4.43. The maximum absolute atomic E-state index is 13.1. The van der Waals surface area contributed by atoms with Crippen molar-refractivity contribution in [3.05, 3.63) is 52.6 Å². The Hall–Kier alpha value is -4.00. The van der Waals surface area contributed by atoms with E-state index in [-0.39, 0.29) is 46.8 Å². The number of nitrogens with two attached hydrogens (primary N) is 1. The molecule has 0 spiro atoms. The molecule has 4 N–H and O–H groups in total. The van der Waals surface area contributed by atoms with E-state index in [1.54, 1.807) is 13.0 Å². The summed E-state index contributed by atoms with van der Waals surface area (Å²) < 4.78 is 39.3. The van der Waals surface area contributed by atoms with Crippen LogP contribution in [0, 0.1) is 0 Å². The molecule has 0 saturated carbocycles. The highest BCUT2D eigenvalue weighted by Crippen LogP contribution is 2.46. The first kappa shape index (κ1) is 23.7. The topological polar surface area (TPSA) is 144 Å². The number of rotatable bonds is 5. The van der Waals surface area contributed by atoms with E-state index in [9.17, 15) is 23.1 Å². The van der Waals surface area contributed by atoms with E-state index in [4.69, 9.17) is 17.3 Å². The first-order valence-corrected chi connectivity index (χ1v) is 11.1. The Morgan fingerprint density at radius 1 is 1.25 bits per heavy atom. The van der Waals surface area contributed by atoms with Crippen LogP contribution in [0.4, 0.5) is 24.8 Å². The number of aryl methyl sites for hydroxylation is 1. The number of aromatic hydroxyl groups is 1. The number of fused-ring (bicyclic) bond motifs is 2. The zero-order valence-electron chi connectivity index (χ0n) is 18.6. The van der Waals surface area contributed by atoms with Crippen LogP contribution in [0.2, 0.25) is 5.02 Å². The van der Waals surface area contributed by atoms with Gasteiger partial charge in [-0.2, -0.15) is 18.3 Å². The number of benzene rings is 1. The molecule has 14 heteroatoms. The summed E-state index contributed by atoms with van der Waals surface area (Å²) in [7, 11) is 0. The Kier molecular flexibility index (Phi) is 5.47. The van der Waals surface area contributed by atoms with Crippen LogP contribution < -0.4 is 11.1 Å². The minimum atomic E-state index is -4.29. The number of carbonyl (C=O) groups excluding carboxylic acids is 1. The van der Waals surface area contributed by atoms with Crippen molar-refractivity contribution in [3.63, 3.8) is 0 Å². The number of nitrogen functional groups attached to an aromatic ring is 1. The van der Waals surface area contributed by atoms with Crippen LogP contribution >= 0.6 is 11.6 Å². The van der Waals surface area contributed by atoms with E-state index in [1.165, 1.54) is 29.2 Å². The quantitative estimate of drug-likeness (QED) is 0.363. The second-order valence-corrected chi connectivity index (χ2v) is 8.88. The molecule has 1 atom stereocenters. The van der Waals surface area contributed by atoms with Gasteiger partial charge in [-0.3, -0.25) is 4.79 Å². The van der Waals surface area contributed by atoms with Crippen LogP contribution in [-0.4, -0.2) is 46.7 Å². The smallest absolute Gasteiger partial charge is 0.389 e. The second kappa shape index (κ2) is 8.29. The second-order valence-electron chi connectivity index (χ2n) is 8.47. The fraction of sp³-hybridized carbons (Fsp3) is 0.273. The summed E-state index contributed by atoms with van der Waals surface area (Å²) in [6.45, 7) is 1.62. The Morgan fingerprint density at radius 2 is 2.03 bits per heavy atom. The minimum Gasteiger partial charge on any atom is -0.506 e. The minimum absolute atomic E-state index is 0.00479. The first-order chi connectivity index (χ1) is 17.0. The molecule has 0 bridgehead atoms. The molecule has 5 rings (SSSR count). The molecule has 1 aliphatic heterocycles. The van der Waals surface area contributed by atoms with Crippen molar-refractivity contribution in [3.8, 4) is 17.3 Å². The molecule has 36 heavy (non-hydrogen) atoms. The van der Waals surface area contributed by atoms with E-state index >= 15 is 0 Å². The van der Waals surface area contributed by atoms with Crippen LogP contribution in [0.3, 0.4) is 0 Å². The van der Waals surface area contributed by atoms with Crippen molar-refractivity contribution in [2.75, 3.05) is 11.1 Å². The average molecular weight is 519 g/mol. The maximum atomic E-state index is 13.1. The number of hydrogen-bond acceptors (Lipinski definition) is 8. The summed E-state index contributed by atoms with van der Waals surface area (Å²) in [4.78, 5) is 30.3. The lowest BCUT2D eigenvalue weighted by molar-refractivity contribution is -0.135. The van der Waals surface area contributed by atoms with Crippen LogP contribution in [0.25, 0.3) is 17.2 Å². The predicted molar refractivity (Wildman–Crippen MR) is 123 cm³/mol. The largest absolute Gasteiger partial charge is 0.506 e. The third-order valence-corrected chi connectivity index (χ3v) is 6.40. The van der Waals surface area contributed by atoms with Crippen molar-refractivity contribution in [1.29, 1.82) is 0 Å². The predicted octanol–water partition coefficient (Wildman–Crippen LogP) is 3.67. The number of amides is 1. The lowest BCUT2D eigenvalue weighted by Crippen LogP contribution is -2.32. The van der Waals surface area contributed by atoms with E-state index < -0.39 is 23.9 Å². The highest BCUT2D eigenvalue weighted by Gasteiger charge is 2.48. The van der Waals surface area contributed by atoms with Gasteiger partial charge in [0.25, 0.3) is 0 Å². The molecule has 0 radical (unpaired) electrons. The number of nitrogens with one attached hydrogen (secondary N) is 1. The number of phenols is 1. The van der Waals surface area contributed by atoms with Gasteiger partial charge in [-0.1, -0.05) is 17.7 Å². The van der Waals surface area contributed by atoms with Crippen molar-refractivity contribution in [1.82, 2.24) is 29.5 Å². The summed E-state index contributed by atoms with van der Waals surface area (Å²) >= 11 is 5.92. The summed E-state index contributed by atoms with van der Waals surface area (Å²) in [5.74, 6) is -0.451. The van der Waals surface area contributed by atoms with E-state index in [0.717, 1.165) is 0 Å². The van der Waals surface area contributed by atoms with Crippen LogP contribution in [0.15, 0.2) is 30.7 Å². The first-order valence-electron chi connectivity index (χ1n) is 10.7. The van der Waals surface area contributed by atoms with Gasteiger partial charge in [0.1, 0.15) is 34.8 Å². The van der Waals surface area contributed by atoms with E-state index in [1.807, 2.05) is 0 Å². The number of halogens is 4. The molecular formula is C22H18ClF3N8O2. The zero-order chi connectivity index (χ0) is 25.8. The van der Waals surface area contributed by atoms with Gasteiger partial charge < -0.3 is 16.2 Å². The molecular weight excluding hydrogens is 501 g/mol. The fourth-order valence-corrected chi connectivity index (χ4v) is 4.36. The van der Waals surface area contributed by atoms with Gasteiger partial charge in [-0.15, -0.1) is 0 Å². The van der Waals surface area contributed by atoms with Crippen molar-refractivity contribution in [2.24, 2.45) is 0 Å². The third-order valence-electron chi connectivity index (χ3n) is 6.08. The number of carbonyl (C=O) groups is 1. The molecule has 3 aromatic heterocycles. The zero-order valence-corrected chi connectivity index (χ0v) is 19.4. The Morgan fingerprint density at radius 3 is 2.75 bits per heavy atom. The lowest BCUT2D eigenvalue weighted by atomic mass is 9.77. The molecule has 1 aromatic carbocycles. The van der Waals surface area contributed by atoms with Gasteiger partial charge in [0.15, 0.2) is 11.5 Å². The fourth-order valence-electron chi connectivity index (χ4n) is 4.24. The molecule has 0 saturated heterocycles. The van der Waals surface area contributed by atoms with Crippen molar-refractivity contribution < 1.29 is 23.1 Å². The SMILES string of the molecule is C[C@]1(c2ccc(Cl)c(O)c2)C(=O)Nc2nc(-c3cn4ncnc4c(CCCC(F)(F)F)n3)nc(N)c21. The van der Waals surface area contributed by atoms with E-state index in [2.05, 4.69) is 30.4 Å². The standard InChI is InChI=1S/C22H18ClF3N8O2/c1-21(10-4-5-11(23)14(35)7-10)15-16(27)31-17(32-18(15)33-20(21)36)13-8-34-19(28-9-29-34)12(30-13)3-2-6-22(24,25)26/h4-5,7-9,35H,2-3,6H2,1H3,(H3,27,31,32,33,36)/t21-/m1/s1. The number of hydrogen-bond donors (Lipinski definition) is 3. The highest BCUT2D eigenvalue weighted by atomic mass is 35.5. The molecule has 1 amide bonds. The molecule has 0 aliphatic carbocycles. The number of alkyl halides is 3. The molecule has 186 valence electrons. The number of phenolic OH excluding ortho intramolecular Hbond substituents is 1. The molecule has 4 aromatic rings. The van der Waals surface area contributed by atoms with Crippen LogP contribution in [0.1, 0.15) is 36.6 Å². The molecule has 0 fully saturated rings. The number of nitrogens with zero attached hydrogens (tertiary/aromatic N) is 6. The highest BCUT2D eigenvalue weighted by molar-refractivity contribution is 6.32. The van der Waals surface area contributed by atoms with Crippen molar-refractivity contribution >= 4 is 34.8 Å².